The molecule has 0 saturated heterocycles. The van der Waals surface area contributed by atoms with Gasteiger partial charge in [0.2, 0.25) is 0 Å². The Morgan fingerprint density at radius 1 is 0.762 bits per heavy atom. The van der Waals surface area contributed by atoms with Gasteiger partial charge in [-0.2, -0.15) is 0 Å². The summed E-state index contributed by atoms with van der Waals surface area (Å²) >= 11 is 0. The van der Waals surface area contributed by atoms with Crippen molar-refractivity contribution in [1.82, 2.24) is 0 Å². The van der Waals surface area contributed by atoms with Gasteiger partial charge < -0.3 is 0 Å². The molecule has 0 N–H and O–H groups in total. The molecule has 0 fully saturated rings. The molecule has 0 bridgehead atoms. The van der Waals surface area contributed by atoms with Crippen molar-refractivity contribution in [3.8, 4) is 0 Å². The van der Waals surface area contributed by atoms with Crippen molar-refractivity contribution in [2.75, 3.05) is 0 Å². The summed E-state index contributed by atoms with van der Waals surface area (Å²) in [7, 11) is 0. The Labute approximate surface area is 125 Å². The van der Waals surface area contributed by atoms with Gasteiger partial charge in [0.05, 0.1) is 0 Å². The zero-order valence-electron chi connectivity index (χ0n) is 11.8. The van der Waals surface area contributed by atoms with E-state index >= 15 is 0 Å². The van der Waals surface area contributed by atoms with Crippen LogP contribution in [-0.2, 0) is 0 Å². The van der Waals surface area contributed by atoms with Gasteiger partial charge in [-0.05, 0) is 51.6 Å². The fourth-order valence-electron chi connectivity index (χ4n) is 2.98. The van der Waals surface area contributed by atoms with E-state index in [1.807, 2.05) is 0 Å². The van der Waals surface area contributed by atoms with Crippen LogP contribution >= 0.6 is 0 Å². The number of allylic oxidation sites excluding steroid dienone is 2. The fourth-order valence-corrected chi connectivity index (χ4v) is 2.98. The topological polar surface area (TPSA) is 0 Å². The van der Waals surface area contributed by atoms with Crippen molar-refractivity contribution < 1.29 is 0 Å². The summed E-state index contributed by atoms with van der Waals surface area (Å²) in [5.41, 5.74) is 5.34. The molecule has 0 nitrogen and oxygen atoms in total. The first-order chi connectivity index (χ1) is 10.4. The molecule has 0 aliphatic heterocycles. The number of rotatable bonds is 1. The molecule has 0 aromatic heterocycles. The lowest BCUT2D eigenvalue weighted by molar-refractivity contribution is 1.38. The Kier molecular flexibility index (Phi) is 2.93. The van der Waals surface area contributed by atoms with E-state index in [0.29, 0.717) is 0 Å². The van der Waals surface area contributed by atoms with Crippen LogP contribution < -0.4 is 0 Å². The minimum atomic E-state index is 1.00. The zero-order valence-corrected chi connectivity index (χ0v) is 11.8. The summed E-state index contributed by atoms with van der Waals surface area (Å²) in [4.78, 5) is 0. The van der Waals surface area contributed by atoms with Crippen LogP contribution in [-0.4, -0.2) is 0 Å². The Balaban J connectivity index is 1.89. The minimum absolute atomic E-state index is 1.00. The van der Waals surface area contributed by atoms with Crippen molar-refractivity contribution in [1.29, 1.82) is 0 Å². The molecular formula is C21H16. The largest absolute Gasteiger partial charge is 0.0795 e. The third-order valence-electron chi connectivity index (χ3n) is 4.04. The molecule has 3 aromatic rings. The smallest absolute Gasteiger partial charge is 0.00877 e. The minimum Gasteiger partial charge on any atom is -0.0795 e. The Morgan fingerprint density at radius 3 is 2.29 bits per heavy atom. The maximum atomic E-state index is 2.32. The summed E-state index contributed by atoms with van der Waals surface area (Å²) in [6.07, 6.45) is 7.80. The quantitative estimate of drug-likeness (QED) is 0.523. The predicted molar refractivity (Wildman–Crippen MR) is 91.9 cm³/mol. The van der Waals surface area contributed by atoms with E-state index in [1.165, 1.54) is 33.0 Å². The van der Waals surface area contributed by atoms with Crippen LogP contribution in [0.5, 0.6) is 0 Å². The maximum Gasteiger partial charge on any atom is -0.00877 e. The highest BCUT2D eigenvalue weighted by Gasteiger charge is 2.11. The van der Waals surface area contributed by atoms with Gasteiger partial charge in [0.25, 0.3) is 0 Å². The average Bonchev–Trinajstić information content (AvgIpc) is 2.54. The van der Waals surface area contributed by atoms with E-state index in [1.54, 1.807) is 0 Å². The highest BCUT2D eigenvalue weighted by molar-refractivity contribution is 5.95. The molecule has 0 heteroatoms. The normalized spacial score (nSPS) is 15.3. The predicted octanol–water partition coefficient (Wildman–Crippen LogP) is 5.80. The molecule has 0 heterocycles. The number of hydrogen-bond acceptors (Lipinski definition) is 0. The van der Waals surface area contributed by atoms with E-state index in [9.17, 15) is 0 Å². The molecule has 1 aliphatic carbocycles. The van der Waals surface area contributed by atoms with Crippen molar-refractivity contribution in [2.45, 2.75) is 6.42 Å². The summed E-state index contributed by atoms with van der Waals surface area (Å²) in [5.74, 6) is 0. The maximum absolute atomic E-state index is 2.32. The standard InChI is InChI=1S/C21H16/c1-2-7-16(8-3-1)13-19-11-6-12-20-14-17-9-4-5-10-18(17)15-21(19)20/h1-10,12-15H,11H2. The Bertz CT molecular complexity index is 852. The van der Waals surface area contributed by atoms with Crippen LogP contribution in [0.25, 0.3) is 28.5 Å². The molecule has 21 heavy (non-hydrogen) atoms. The van der Waals surface area contributed by atoms with Gasteiger partial charge in [-0.3, -0.25) is 0 Å². The molecule has 0 spiro atoms. The van der Waals surface area contributed by atoms with E-state index < -0.39 is 0 Å². The summed E-state index contributed by atoms with van der Waals surface area (Å²) in [6.45, 7) is 0. The average molecular weight is 268 g/mol. The lowest BCUT2D eigenvalue weighted by Crippen LogP contribution is -1.94. The summed E-state index contributed by atoms with van der Waals surface area (Å²) < 4.78 is 0. The van der Waals surface area contributed by atoms with Crippen molar-refractivity contribution >= 4 is 28.5 Å². The van der Waals surface area contributed by atoms with Gasteiger partial charge in [0, 0.05) is 0 Å². The van der Waals surface area contributed by atoms with Crippen molar-refractivity contribution in [2.24, 2.45) is 0 Å². The summed E-state index contributed by atoms with van der Waals surface area (Å²) in [5, 5.41) is 2.62. The van der Waals surface area contributed by atoms with Gasteiger partial charge in [-0.1, -0.05) is 72.8 Å². The molecule has 0 saturated carbocycles. The van der Waals surface area contributed by atoms with Gasteiger partial charge in [-0.15, -0.1) is 0 Å². The first kappa shape index (κ1) is 12.2. The number of benzene rings is 3. The van der Waals surface area contributed by atoms with Crippen molar-refractivity contribution in [3.05, 3.63) is 89.5 Å². The van der Waals surface area contributed by atoms with Crippen LogP contribution in [0.1, 0.15) is 23.1 Å². The molecule has 1 aliphatic rings. The Morgan fingerprint density at radius 2 is 1.48 bits per heavy atom. The van der Waals surface area contributed by atoms with Crippen LogP contribution in [0.2, 0.25) is 0 Å². The van der Waals surface area contributed by atoms with Gasteiger partial charge >= 0.3 is 0 Å². The molecule has 0 unspecified atom stereocenters. The van der Waals surface area contributed by atoms with Crippen LogP contribution in [0.15, 0.2) is 72.8 Å². The molecule has 0 amide bonds. The number of fused-ring (bicyclic) bond motifs is 2. The van der Waals surface area contributed by atoms with E-state index in [-0.39, 0.29) is 0 Å². The molecule has 0 radical (unpaired) electrons. The van der Waals surface area contributed by atoms with E-state index in [2.05, 4.69) is 85.0 Å². The zero-order chi connectivity index (χ0) is 14.1. The number of hydrogen-bond donors (Lipinski definition) is 0. The van der Waals surface area contributed by atoms with Crippen LogP contribution in [0.3, 0.4) is 0 Å². The monoisotopic (exact) mass is 268 g/mol. The molecular weight excluding hydrogens is 252 g/mol. The second kappa shape index (κ2) is 5.06. The first-order valence-corrected chi connectivity index (χ1v) is 7.35. The molecule has 100 valence electrons. The van der Waals surface area contributed by atoms with E-state index in [4.69, 9.17) is 0 Å². The van der Waals surface area contributed by atoms with Gasteiger partial charge in [-0.25, -0.2) is 0 Å². The third kappa shape index (κ3) is 2.30. The first-order valence-electron chi connectivity index (χ1n) is 7.35. The highest BCUT2D eigenvalue weighted by atomic mass is 14.1. The molecule has 0 atom stereocenters. The fraction of sp³-hybridized carbons (Fsp3) is 0.0476. The summed E-state index contributed by atoms with van der Waals surface area (Å²) in [6, 6.07) is 23.7. The SMILES string of the molecule is C1=Cc2cc3ccccc3cc2C(=Cc2ccccc2)C1. The highest BCUT2D eigenvalue weighted by Crippen LogP contribution is 2.33. The van der Waals surface area contributed by atoms with Crippen LogP contribution in [0.4, 0.5) is 0 Å². The second-order valence-corrected chi connectivity index (χ2v) is 5.47. The van der Waals surface area contributed by atoms with Crippen LogP contribution in [0, 0.1) is 0 Å². The van der Waals surface area contributed by atoms with Gasteiger partial charge in [0.15, 0.2) is 0 Å². The van der Waals surface area contributed by atoms with E-state index in [0.717, 1.165) is 6.42 Å². The second-order valence-electron chi connectivity index (χ2n) is 5.47. The molecule has 4 rings (SSSR count). The van der Waals surface area contributed by atoms with Gasteiger partial charge in [0.1, 0.15) is 0 Å². The third-order valence-corrected chi connectivity index (χ3v) is 4.04. The lowest BCUT2D eigenvalue weighted by Gasteiger charge is -2.16. The van der Waals surface area contributed by atoms with Crippen molar-refractivity contribution in [3.63, 3.8) is 0 Å². The molecule has 3 aromatic carbocycles. The lowest BCUT2D eigenvalue weighted by atomic mass is 9.89. The Hall–Kier alpha value is -2.60.